The van der Waals surface area contributed by atoms with Gasteiger partial charge in [-0.15, -0.1) is 0 Å². The van der Waals surface area contributed by atoms with Crippen LogP contribution in [0.1, 0.15) is 44.6 Å². The van der Waals surface area contributed by atoms with Gasteiger partial charge in [0, 0.05) is 30.0 Å². The van der Waals surface area contributed by atoms with Gasteiger partial charge in [-0.1, -0.05) is 36.4 Å². The Morgan fingerprint density at radius 2 is 1.79 bits per heavy atom. The molecule has 146 valence electrons. The molecule has 0 atom stereocenters. The minimum absolute atomic E-state index is 0.0494. The van der Waals surface area contributed by atoms with Crippen molar-refractivity contribution in [3.63, 3.8) is 0 Å². The lowest BCUT2D eigenvalue weighted by Crippen LogP contribution is -2.32. The third-order valence-electron chi connectivity index (χ3n) is 5.02. The van der Waals surface area contributed by atoms with Gasteiger partial charge in [-0.05, 0) is 49.6 Å². The Morgan fingerprint density at radius 3 is 2.59 bits per heavy atom. The van der Waals surface area contributed by atoms with Crippen molar-refractivity contribution >= 4 is 23.3 Å². The molecule has 1 N–H and O–H groups in total. The van der Waals surface area contributed by atoms with Crippen LogP contribution in [0.5, 0.6) is 0 Å². The topological polar surface area (TPSA) is 75.2 Å². The number of nitrogens with one attached hydrogen (secondary N) is 1. The molecule has 2 aromatic carbocycles. The van der Waals surface area contributed by atoms with Crippen molar-refractivity contribution < 1.29 is 9.59 Å². The zero-order valence-electron chi connectivity index (χ0n) is 16.5. The van der Waals surface area contributed by atoms with Crippen LogP contribution in [-0.2, 0) is 13.0 Å². The number of hydrogen-bond donors (Lipinski definition) is 1. The second kappa shape index (κ2) is 7.83. The Hall–Kier alpha value is -3.54. The summed E-state index contributed by atoms with van der Waals surface area (Å²) in [6, 6.07) is 16.9. The minimum atomic E-state index is -0.324. The fraction of sp³-hybridized carbons (Fsp3) is 0.217. The van der Waals surface area contributed by atoms with E-state index in [0.29, 0.717) is 22.9 Å². The molecule has 6 heteroatoms. The van der Waals surface area contributed by atoms with Crippen LogP contribution in [0.4, 0.5) is 11.6 Å². The first-order valence-corrected chi connectivity index (χ1v) is 9.59. The van der Waals surface area contributed by atoms with Crippen molar-refractivity contribution in [3.8, 4) is 0 Å². The lowest BCUT2D eigenvalue weighted by molar-refractivity contribution is 0.100. The number of aryl methyl sites for hydroxylation is 1. The highest BCUT2D eigenvalue weighted by Crippen LogP contribution is 2.22. The maximum Gasteiger partial charge on any atom is 0.274 e. The molecule has 0 unspecified atom stereocenters. The molecular formula is C23H22N4O2. The average molecular weight is 386 g/mol. The van der Waals surface area contributed by atoms with E-state index in [0.717, 1.165) is 25.2 Å². The number of amides is 1. The number of Topliss-reactive ketones (excluding diaryl/α,β-unsaturated/α-hetero) is 1. The van der Waals surface area contributed by atoms with E-state index in [4.69, 9.17) is 0 Å². The summed E-state index contributed by atoms with van der Waals surface area (Å²) in [5, 5.41) is 2.83. The highest BCUT2D eigenvalue weighted by molar-refractivity contribution is 6.04. The molecular weight excluding hydrogens is 364 g/mol. The molecule has 0 spiro atoms. The van der Waals surface area contributed by atoms with E-state index in [1.165, 1.54) is 18.1 Å². The van der Waals surface area contributed by atoms with Crippen LogP contribution in [0.15, 0.2) is 54.6 Å². The van der Waals surface area contributed by atoms with Crippen molar-refractivity contribution in [1.82, 2.24) is 9.97 Å². The first kappa shape index (κ1) is 18.8. The van der Waals surface area contributed by atoms with Crippen LogP contribution >= 0.6 is 0 Å². The Balaban J connectivity index is 1.56. The molecule has 1 aliphatic heterocycles. The molecule has 0 radical (unpaired) electrons. The quantitative estimate of drug-likeness (QED) is 0.690. The summed E-state index contributed by atoms with van der Waals surface area (Å²) in [6.07, 6.45) is 0.923. The zero-order valence-corrected chi connectivity index (χ0v) is 16.5. The van der Waals surface area contributed by atoms with Crippen LogP contribution < -0.4 is 10.2 Å². The third kappa shape index (κ3) is 4.16. The van der Waals surface area contributed by atoms with Gasteiger partial charge in [0.05, 0.1) is 0 Å². The number of rotatable bonds is 4. The number of nitrogens with zero attached hydrogens (tertiary/aromatic N) is 3. The summed E-state index contributed by atoms with van der Waals surface area (Å²) in [4.78, 5) is 35.5. The molecule has 2 heterocycles. The Kier molecular flexibility index (Phi) is 5.08. The van der Waals surface area contributed by atoms with E-state index in [9.17, 15) is 9.59 Å². The van der Waals surface area contributed by atoms with Crippen molar-refractivity contribution in [3.05, 3.63) is 82.7 Å². The molecule has 0 saturated heterocycles. The maximum atomic E-state index is 12.8. The van der Waals surface area contributed by atoms with Crippen LogP contribution in [0.2, 0.25) is 0 Å². The molecule has 1 aromatic heterocycles. The number of aromatic nitrogens is 2. The van der Waals surface area contributed by atoms with Crippen LogP contribution in [-0.4, -0.2) is 28.2 Å². The monoisotopic (exact) mass is 386 g/mol. The highest BCUT2D eigenvalue weighted by atomic mass is 16.2. The highest BCUT2D eigenvalue weighted by Gasteiger charge is 2.20. The number of anilines is 2. The second-order valence-corrected chi connectivity index (χ2v) is 7.23. The average Bonchev–Trinajstić information content (AvgIpc) is 2.73. The summed E-state index contributed by atoms with van der Waals surface area (Å²) in [5.41, 5.74) is 4.76. The zero-order chi connectivity index (χ0) is 20.4. The predicted octanol–water partition coefficient (Wildman–Crippen LogP) is 3.80. The fourth-order valence-corrected chi connectivity index (χ4v) is 3.49. The van der Waals surface area contributed by atoms with Crippen molar-refractivity contribution in [2.24, 2.45) is 0 Å². The maximum absolute atomic E-state index is 12.8. The fourth-order valence-electron chi connectivity index (χ4n) is 3.49. The van der Waals surface area contributed by atoms with E-state index in [-0.39, 0.29) is 11.7 Å². The Morgan fingerprint density at radius 1 is 1.00 bits per heavy atom. The predicted molar refractivity (Wildman–Crippen MR) is 112 cm³/mol. The largest absolute Gasteiger partial charge is 0.336 e. The van der Waals surface area contributed by atoms with Crippen LogP contribution in [0.25, 0.3) is 0 Å². The lowest BCUT2D eigenvalue weighted by Gasteiger charge is -2.29. The number of carbonyl (C=O) groups is 2. The van der Waals surface area contributed by atoms with Gasteiger partial charge in [-0.2, -0.15) is 0 Å². The standard InChI is InChI=1S/C23H22N4O2/c1-15-12-21(22(29)25-20-9-5-8-18(13-20)16(2)28)26-23(24-15)27-11-10-17-6-3-4-7-19(17)14-27/h3-9,12-13H,10-11,14H2,1-2H3,(H,25,29). The van der Waals surface area contributed by atoms with E-state index in [1.807, 2.05) is 13.0 Å². The van der Waals surface area contributed by atoms with Gasteiger partial charge in [-0.25, -0.2) is 9.97 Å². The van der Waals surface area contributed by atoms with Crippen molar-refractivity contribution in [1.29, 1.82) is 0 Å². The third-order valence-corrected chi connectivity index (χ3v) is 5.02. The van der Waals surface area contributed by atoms with Gasteiger partial charge in [-0.3, -0.25) is 9.59 Å². The van der Waals surface area contributed by atoms with E-state index in [1.54, 1.807) is 30.3 Å². The molecule has 0 fully saturated rings. The van der Waals surface area contributed by atoms with Gasteiger partial charge in [0.15, 0.2) is 5.78 Å². The van der Waals surface area contributed by atoms with Gasteiger partial charge in [0.25, 0.3) is 5.91 Å². The first-order valence-electron chi connectivity index (χ1n) is 9.59. The molecule has 0 aliphatic carbocycles. The van der Waals surface area contributed by atoms with E-state index < -0.39 is 0 Å². The first-order chi connectivity index (χ1) is 14.0. The van der Waals surface area contributed by atoms with Gasteiger partial charge in [0.2, 0.25) is 5.95 Å². The molecule has 29 heavy (non-hydrogen) atoms. The van der Waals surface area contributed by atoms with Gasteiger partial charge < -0.3 is 10.2 Å². The molecule has 0 bridgehead atoms. The van der Waals surface area contributed by atoms with E-state index >= 15 is 0 Å². The molecule has 1 aliphatic rings. The van der Waals surface area contributed by atoms with Crippen molar-refractivity contribution in [2.45, 2.75) is 26.8 Å². The number of ketones is 1. The summed E-state index contributed by atoms with van der Waals surface area (Å²) in [6.45, 7) is 4.89. The molecule has 0 saturated carbocycles. The second-order valence-electron chi connectivity index (χ2n) is 7.23. The smallest absolute Gasteiger partial charge is 0.274 e. The van der Waals surface area contributed by atoms with Gasteiger partial charge in [0.1, 0.15) is 5.69 Å². The van der Waals surface area contributed by atoms with Crippen LogP contribution in [0, 0.1) is 6.92 Å². The molecule has 6 nitrogen and oxygen atoms in total. The summed E-state index contributed by atoms with van der Waals surface area (Å²) in [5.74, 6) is 0.184. The Bertz CT molecular complexity index is 1090. The van der Waals surface area contributed by atoms with Crippen LogP contribution in [0.3, 0.4) is 0 Å². The molecule has 1 amide bonds. The number of carbonyl (C=O) groups excluding carboxylic acids is 2. The summed E-state index contributed by atoms with van der Waals surface area (Å²) in [7, 11) is 0. The minimum Gasteiger partial charge on any atom is -0.336 e. The molecule has 3 aromatic rings. The SMILES string of the molecule is CC(=O)c1cccc(NC(=O)c2cc(C)nc(N3CCc4ccccc4C3)n2)c1. The number of fused-ring (bicyclic) bond motifs is 1. The summed E-state index contributed by atoms with van der Waals surface area (Å²) < 4.78 is 0. The number of hydrogen-bond acceptors (Lipinski definition) is 5. The lowest BCUT2D eigenvalue weighted by atomic mass is 10.0. The summed E-state index contributed by atoms with van der Waals surface area (Å²) >= 11 is 0. The van der Waals surface area contributed by atoms with E-state index in [2.05, 4.69) is 38.4 Å². The molecule has 4 rings (SSSR count). The normalized spacial score (nSPS) is 13.0. The van der Waals surface area contributed by atoms with Gasteiger partial charge >= 0.3 is 0 Å². The number of benzene rings is 2. The van der Waals surface area contributed by atoms with Crippen molar-refractivity contribution in [2.75, 3.05) is 16.8 Å². The Labute approximate surface area is 169 Å².